The van der Waals surface area contributed by atoms with Crippen molar-refractivity contribution >= 4 is 21.9 Å². The minimum absolute atomic E-state index is 0.228. The van der Waals surface area contributed by atoms with Crippen LogP contribution in [0.2, 0.25) is 0 Å². The van der Waals surface area contributed by atoms with Gasteiger partial charge in [0, 0.05) is 5.33 Å². The molecule has 88 valence electrons. The third-order valence-corrected chi connectivity index (χ3v) is 3.04. The minimum Gasteiger partial charge on any atom is -0.462 e. The highest BCUT2D eigenvalue weighted by Crippen LogP contribution is 2.22. The van der Waals surface area contributed by atoms with Crippen molar-refractivity contribution in [3.8, 4) is 0 Å². The van der Waals surface area contributed by atoms with Crippen molar-refractivity contribution in [2.75, 3.05) is 6.61 Å². The van der Waals surface area contributed by atoms with Gasteiger partial charge in [0.05, 0.1) is 12.2 Å². The maximum atomic E-state index is 11.8. The summed E-state index contributed by atoms with van der Waals surface area (Å²) in [6.45, 7) is 6.38. The number of hydrogen-bond donors (Lipinski definition) is 0. The van der Waals surface area contributed by atoms with Crippen LogP contribution in [0.15, 0.2) is 18.2 Å². The zero-order chi connectivity index (χ0) is 12.1. The lowest BCUT2D eigenvalue weighted by molar-refractivity contribution is 0.0524. The van der Waals surface area contributed by atoms with Gasteiger partial charge in [-0.25, -0.2) is 4.79 Å². The van der Waals surface area contributed by atoms with Crippen LogP contribution in [-0.2, 0) is 10.1 Å². The molecule has 2 nitrogen and oxygen atoms in total. The summed E-state index contributed by atoms with van der Waals surface area (Å²) in [5, 5.41) is 0.748. The SMILES string of the molecule is CCOC(=O)c1cc(CBr)ccc1C(C)C. The molecule has 0 unspecified atom stereocenters. The zero-order valence-corrected chi connectivity index (χ0v) is 11.5. The Kier molecular flexibility index (Phi) is 5.00. The van der Waals surface area contributed by atoms with Gasteiger partial charge in [-0.3, -0.25) is 0 Å². The molecule has 0 amide bonds. The normalized spacial score (nSPS) is 10.6. The average molecular weight is 285 g/mol. The van der Waals surface area contributed by atoms with Crippen molar-refractivity contribution in [1.82, 2.24) is 0 Å². The highest BCUT2D eigenvalue weighted by Gasteiger charge is 2.15. The number of alkyl halides is 1. The summed E-state index contributed by atoms with van der Waals surface area (Å²) in [6, 6.07) is 5.95. The predicted octanol–water partition coefficient (Wildman–Crippen LogP) is 3.88. The van der Waals surface area contributed by atoms with Gasteiger partial charge in [0.1, 0.15) is 0 Å². The van der Waals surface area contributed by atoms with Gasteiger partial charge in [0.25, 0.3) is 0 Å². The van der Waals surface area contributed by atoms with Gasteiger partial charge in [-0.15, -0.1) is 0 Å². The van der Waals surface area contributed by atoms with E-state index in [2.05, 4.69) is 29.8 Å². The van der Waals surface area contributed by atoms with E-state index in [0.717, 1.165) is 16.5 Å². The standard InChI is InChI=1S/C13H17BrO2/c1-4-16-13(15)12-7-10(8-14)5-6-11(12)9(2)3/h5-7,9H,4,8H2,1-3H3. The molecular weight excluding hydrogens is 268 g/mol. The molecule has 16 heavy (non-hydrogen) atoms. The lowest BCUT2D eigenvalue weighted by Gasteiger charge is -2.12. The Morgan fingerprint density at radius 2 is 2.12 bits per heavy atom. The summed E-state index contributed by atoms with van der Waals surface area (Å²) < 4.78 is 5.06. The minimum atomic E-state index is -0.228. The van der Waals surface area contributed by atoms with Gasteiger partial charge in [0.2, 0.25) is 0 Å². The first kappa shape index (κ1) is 13.2. The first-order valence-corrected chi connectivity index (χ1v) is 6.58. The second-order valence-electron chi connectivity index (χ2n) is 3.93. The van der Waals surface area contributed by atoms with E-state index >= 15 is 0 Å². The Hall–Kier alpha value is -0.830. The van der Waals surface area contributed by atoms with E-state index in [1.165, 1.54) is 0 Å². The molecule has 0 aromatic heterocycles. The van der Waals surface area contributed by atoms with Gasteiger partial charge in [0.15, 0.2) is 0 Å². The number of hydrogen-bond acceptors (Lipinski definition) is 2. The molecule has 0 bridgehead atoms. The molecule has 0 spiro atoms. The number of esters is 1. The fourth-order valence-corrected chi connectivity index (χ4v) is 1.92. The highest BCUT2D eigenvalue weighted by atomic mass is 79.9. The molecule has 0 aliphatic carbocycles. The Morgan fingerprint density at radius 3 is 2.62 bits per heavy atom. The molecule has 0 heterocycles. The van der Waals surface area contributed by atoms with E-state index in [-0.39, 0.29) is 5.97 Å². The molecule has 0 radical (unpaired) electrons. The quantitative estimate of drug-likeness (QED) is 0.620. The third kappa shape index (κ3) is 3.08. The van der Waals surface area contributed by atoms with Crippen molar-refractivity contribution < 1.29 is 9.53 Å². The van der Waals surface area contributed by atoms with E-state index < -0.39 is 0 Å². The molecule has 0 aliphatic heterocycles. The second kappa shape index (κ2) is 6.04. The Bertz CT molecular complexity index is 372. The summed E-state index contributed by atoms with van der Waals surface area (Å²) in [7, 11) is 0. The average Bonchev–Trinajstić information content (AvgIpc) is 2.28. The molecule has 0 N–H and O–H groups in total. The summed E-state index contributed by atoms with van der Waals surface area (Å²) in [6.07, 6.45) is 0. The Balaban J connectivity index is 3.14. The van der Waals surface area contributed by atoms with E-state index in [4.69, 9.17) is 4.74 Å². The summed E-state index contributed by atoms with van der Waals surface area (Å²) in [4.78, 5) is 11.8. The topological polar surface area (TPSA) is 26.3 Å². The van der Waals surface area contributed by atoms with Crippen molar-refractivity contribution in [2.24, 2.45) is 0 Å². The Morgan fingerprint density at radius 1 is 1.44 bits per heavy atom. The van der Waals surface area contributed by atoms with Crippen LogP contribution in [0.5, 0.6) is 0 Å². The predicted molar refractivity (Wildman–Crippen MR) is 69.1 cm³/mol. The molecule has 1 rings (SSSR count). The third-order valence-electron chi connectivity index (χ3n) is 2.39. The van der Waals surface area contributed by atoms with Gasteiger partial charge in [-0.2, -0.15) is 0 Å². The number of carbonyl (C=O) groups excluding carboxylic acids is 1. The molecule has 0 atom stereocenters. The smallest absolute Gasteiger partial charge is 0.338 e. The molecule has 0 fully saturated rings. The summed E-state index contributed by atoms with van der Waals surface area (Å²) >= 11 is 3.39. The van der Waals surface area contributed by atoms with Crippen molar-refractivity contribution in [3.63, 3.8) is 0 Å². The first-order valence-electron chi connectivity index (χ1n) is 5.46. The molecule has 0 saturated carbocycles. The van der Waals surface area contributed by atoms with E-state index in [1.54, 1.807) is 0 Å². The number of benzene rings is 1. The van der Waals surface area contributed by atoms with Crippen LogP contribution in [0, 0.1) is 0 Å². The fraction of sp³-hybridized carbons (Fsp3) is 0.462. The van der Waals surface area contributed by atoms with Crippen LogP contribution in [0.3, 0.4) is 0 Å². The zero-order valence-electron chi connectivity index (χ0n) is 9.92. The van der Waals surface area contributed by atoms with Gasteiger partial charge in [-0.1, -0.05) is 41.9 Å². The van der Waals surface area contributed by atoms with E-state index in [9.17, 15) is 4.79 Å². The van der Waals surface area contributed by atoms with E-state index in [1.807, 2.05) is 25.1 Å². The number of rotatable bonds is 4. The van der Waals surface area contributed by atoms with Crippen LogP contribution in [0.1, 0.15) is 48.2 Å². The highest BCUT2D eigenvalue weighted by molar-refractivity contribution is 9.08. The van der Waals surface area contributed by atoms with Gasteiger partial charge in [-0.05, 0) is 30.0 Å². The van der Waals surface area contributed by atoms with E-state index in [0.29, 0.717) is 18.1 Å². The molecule has 1 aromatic carbocycles. The molecular formula is C13H17BrO2. The monoisotopic (exact) mass is 284 g/mol. The lowest BCUT2D eigenvalue weighted by Crippen LogP contribution is -2.09. The molecule has 0 saturated heterocycles. The number of ether oxygens (including phenoxy) is 1. The number of carbonyl (C=O) groups is 1. The van der Waals surface area contributed by atoms with Crippen molar-refractivity contribution in [2.45, 2.75) is 32.0 Å². The number of halogens is 1. The second-order valence-corrected chi connectivity index (χ2v) is 4.49. The lowest BCUT2D eigenvalue weighted by atomic mass is 9.95. The van der Waals surface area contributed by atoms with Gasteiger partial charge >= 0.3 is 5.97 Å². The maximum absolute atomic E-state index is 11.8. The molecule has 0 aliphatic rings. The van der Waals surface area contributed by atoms with Crippen LogP contribution >= 0.6 is 15.9 Å². The van der Waals surface area contributed by atoms with Gasteiger partial charge < -0.3 is 4.74 Å². The summed E-state index contributed by atoms with van der Waals surface area (Å²) in [5.41, 5.74) is 2.82. The van der Waals surface area contributed by atoms with Crippen molar-refractivity contribution in [1.29, 1.82) is 0 Å². The Labute approximate surface area is 105 Å². The van der Waals surface area contributed by atoms with Crippen LogP contribution in [-0.4, -0.2) is 12.6 Å². The van der Waals surface area contributed by atoms with Crippen molar-refractivity contribution in [3.05, 3.63) is 34.9 Å². The van der Waals surface area contributed by atoms with Crippen LogP contribution < -0.4 is 0 Å². The first-order chi connectivity index (χ1) is 7.60. The fourth-order valence-electron chi connectivity index (χ4n) is 1.58. The summed E-state index contributed by atoms with van der Waals surface area (Å²) in [5.74, 6) is 0.0952. The maximum Gasteiger partial charge on any atom is 0.338 e. The molecule has 1 aromatic rings. The van der Waals surface area contributed by atoms with Crippen LogP contribution in [0.4, 0.5) is 0 Å². The molecule has 3 heteroatoms. The largest absolute Gasteiger partial charge is 0.462 e. The van der Waals surface area contributed by atoms with Crippen LogP contribution in [0.25, 0.3) is 0 Å².